The molecule has 0 radical (unpaired) electrons. The third-order valence-corrected chi connectivity index (χ3v) is 5.04. The second-order valence-electron chi connectivity index (χ2n) is 7.14. The normalized spacial score (nSPS) is 19.5. The number of benzene rings is 1. The van der Waals surface area contributed by atoms with Crippen LogP contribution in [-0.4, -0.2) is 30.9 Å². The van der Waals surface area contributed by atoms with Gasteiger partial charge >= 0.3 is 0 Å². The highest BCUT2D eigenvalue weighted by Crippen LogP contribution is 2.25. The third-order valence-electron chi connectivity index (χ3n) is 5.04. The van der Waals surface area contributed by atoms with E-state index >= 15 is 0 Å². The number of anilines is 1. The molecule has 1 aromatic carbocycles. The summed E-state index contributed by atoms with van der Waals surface area (Å²) in [5, 5.41) is 9.27. The predicted octanol–water partition coefficient (Wildman–Crippen LogP) is 2.54. The molecule has 1 aliphatic carbocycles. The Morgan fingerprint density at radius 2 is 1.79 bits per heavy atom. The van der Waals surface area contributed by atoms with Crippen molar-refractivity contribution in [3.05, 3.63) is 29.8 Å². The summed E-state index contributed by atoms with van der Waals surface area (Å²) in [5.74, 6) is 1.05. The van der Waals surface area contributed by atoms with Crippen molar-refractivity contribution in [2.75, 3.05) is 18.4 Å². The molecule has 1 saturated carbocycles. The highest BCUT2D eigenvalue weighted by Gasteiger charge is 2.24. The molecule has 1 aliphatic heterocycles. The lowest BCUT2D eigenvalue weighted by Gasteiger charge is -2.27. The molecule has 130 valence electrons. The Hall–Kier alpha value is -1.88. The number of carbonyl (C=O) groups is 2. The molecule has 2 fully saturated rings. The molecule has 24 heavy (non-hydrogen) atoms. The largest absolute Gasteiger partial charge is 0.349 e. The van der Waals surface area contributed by atoms with E-state index in [-0.39, 0.29) is 11.8 Å². The first kappa shape index (κ1) is 17.0. The third kappa shape index (κ3) is 4.81. The van der Waals surface area contributed by atoms with Gasteiger partial charge in [0.25, 0.3) is 5.91 Å². The number of piperidine rings is 1. The van der Waals surface area contributed by atoms with Crippen LogP contribution in [0, 0.1) is 11.8 Å². The van der Waals surface area contributed by atoms with E-state index in [1.807, 2.05) is 0 Å². The van der Waals surface area contributed by atoms with Crippen molar-refractivity contribution in [3.8, 4) is 0 Å². The molecule has 0 aromatic heterocycles. The fraction of sp³-hybridized carbons (Fsp3) is 0.579. The first-order chi connectivity index (χ1) is 11.6. The van der Waals surface area contributed by atoms with Crippen LogP contribution in [0.25, 0.3) is 0 Å². The van der Waals surface area contributed by atoms with E-state index in [4.69, 9.17) is 0 Å². The summed E-state index contributed by atoms with van der Waals surface area (Å²) >= 11 is 0. The average molecular weight is 329 g/mol. The Morgan fingerprint density at radius 1 is 1.12 bits per heavy atom. The molecule has 5 nitrogen and oxygen atoms in total. The topological polar surface area (TPSA) is 70.2 Å². The minimum Gasteiger partial charge on any atom is -0.349 e. The molecule has 1 atom stereocenters. The summed E-state index contributed by atoms with van der Waals surface area (Å²) in [5.41, 5.74) is 1.39. The Balaban J connectivity index is 1.47. The van der Waals surface area contributed by atoms with E-state index in [0.29, 0.717) is 29.9 Å². The van der Waals surface area contributed by atoms with Gasteiger partial charge in [-0.2, -0.15) is 0 Å². The highest BCUT2D eigenvalue weighted by molar-refractivity contribution is 5.96. The zero-order chi connectivity index (χ0) is 16.9. The zero-order valence-corrected chi connectivity index (χ0v) is 14.3. The maximum absolute atomic E-state index is 12.2. The van der Waals surface area contributed by atoms with Gasteiger partial charge in [0.2, 0.25) is 5.91 Å². The zero-order valence-electron chi connectivity index (χ0n) is 14.3. The number of rotatable bonds is 6. The molecule has 2 amide bonds. The number of hydrogen-bond acceptors (Lipinski definition) is 3. The SMILES string of the molecule is CC(CC(=O)Nc1ccc(C(=O)NC2CC2)cc1)C1CCNCC1. The quantitative estimate of drug-likeness (QED) is 0.751. The first-order valence-corrected chi connectivity index (χ1v) is 9.03. The summed E-state index contributed by atoms with van der Waals surface area (Å²) in [6.45, 7) is 4.28. The van der Waals surface area contributed by atoms with Crippen LogP contribution in [0.1, 0.15) is 49.4 Å². The Morgan fingerprint density at radius 3 is 2.42 bits per heavy atom. The van der Waals surface area contributed by atoms with E-state index in [0.717, 1.165) is 44.5 Å². The highest BCUT2D eigenvalue weighted by atomic mass is 16.2. The van der Waals surface area contributed by atoms with Gasteiger partial charge in [-0.1, -0.05) is 6.92 Å². The number of hydrogen-bond donors (Lipinski definition) is 3. The van der Waals surface area contributed by atoms with E-state index < -0.39 is 0 Å². The maximum Gasteiger partial charge on any atom is 0.251 e. The van der Waals surface area contributed by atoms with Crippen LogP contribution in [0.3, 0.4) is 0 Å². The Bertz CT molecular complexity index is 575. The fourth-order valence-corrected chi connectivity index (χ4v) is 3.29. The molecular formula is C19H27N3O2. The molecule has 5 heteroatoms. The van der Waals surface area contributed by atoms with Crippen molar-refractivity contribution in [1.29, 1.82) is 0 Å². The molecule has 3 rings (SSSR count). The van der Waals surface area contributed by atoms with Crippen LogP contribution in [-0.2, 0) is 4.79 Å². The van der Waals surface area contributed by atoms with Crippen LogP contribution < -0.4 is 16.0 Å². The summed E-state index contributed by atoms with van der Waals surface area (Å²) < 4.78 is 0. The molecule has 1 unspecified atom stereocenters. The van der Waals surface area contributed by atoms with Crippen molar-refractivity contribution in [2.45, 2.75) is 45.1 Å². The number of carbonyl (C=O) groups excluding carboxylic acids is 2. The molecule has 1 saturated heterocycles. The molecule has 3 N–H and O–H groups in total. The number of nitrogens with one attached hydrogen (secondary N) is 3. The smallest absolute Gasteiger partial charge is 0.251 e. The van der Waals surface area contributed by atoms with Crippen LogP contribution in [0.15, 0.2) is 24.3 Å². The molecule has 2 aliphatic rings. The van der Waals surface area contributed by atoms with E-state index in [1.165, 1.54) is 0 Å². The van der Waals surface area contributed by atoms with Gasteiger partial charge in [0.1, 0.15) is 0 Å². The van der Waals surface area contributed by atoms with Crippen molar-refractivity contribution in [3.63, 3.8) is 0 Å². The minimum absolute atomic E-state index is 0.0325. The standard InChI is InChI=1S/C19H27N3O2/c1-13(14-8-10-20-11-9-14)12-18(23)21-16-4-2-15(3-5-16)19(24)22-17-6-7-17/h2-5,13-14,17,20H,6-12H2,1H3,(H,21,23)(H,22,24). The van der Waals surface area contributed by atoms with E-state index in [9.17, 15) is 9.59 Å². The second kappa shape index (κ2) is 7.79. The average Bonchev–Trinajstić information content (AvgIpc) is 3.40. The summed E-state index contributed by atoms with van der Waals surface area (Å²) in [4.78, 5) is 24.2. The van der Waals surface area contributed by atoms with Crippen LogP contribution in [0.5, 0.6) is 0 Å². The van der Waals surface area contributed by atoms with Gasteiger partial charge < -0.3 is 16.0 Å². The summed E-state index contributed by atoms with van der Waals surface area (Å²) in [6.07, 6.45) is 5.01. The van der Waals surface area contributed by atoms with E-state index in [1.54, 1.807) is 24.3 Å². The molecule has 1 heterocycles. The van der Waals surface area contributed by atoms with Crippen molar-refractivity contribution < 1.29 is 9.59 Å². The van der Waals surface area contributed by atoms with Crippen molar-refractivity contribution in [2.24, 2.45) is 11.8 Å². The van der Waals surface area contributed by atoms with Crippen LogP contribution >= 0.6 is 0 Å². The van der Waals surface area contributed by atoms with Gasteiger partial charge in [0.05, 0.1) is 0 Å². The molecule has 0 bridgehead atoms. The van der Waals surface area contributed by atoms with Crippen molar-refractivity contribution >= 4 is 17.5 Å². The fourth-order valence-electron chi connectivity index (χ4n) is 3.29. The lowest BCUT2D eigenvalue weighted by Crippen LogP contribution is -2.32. The van der Waals surface area contributed by atoms with E-state index in [2.05, 4.69) is 22.9 Å². The maximum atomic E-state index is 12.2. The summed E-state index contributed by atoms with van der Waals surface area (Å²) in [7, 11) is 0. The molecular weight excluding hydrogens is 302 g/mol. The van der Waals surface area contributed by atoms with Gasteiger partial charge in [-0.25, -0.2) is 0 Å². The second-order valence-corrected chi connectivity index (χ2v) is 7.14. The van der Waals surface area contributed by atoms with Gasteiger partial charge in [0.15, 0.2) is 0 Å². The Kier molecular flexibility index (Phi) is 5.51. The first-order valence-electron chi connectivity index (χ1n) is 9.03. The van der Waals surface area contributed by atoms with Crippen LogP contribution in [0.2, 0.25) is 0 Å². The minimum atomic E-state index is -0.0325. The van der Waals surface area contributed by atoms with Gasteiger partial charge in [-0.3, -0.25) is 9.59 Å². The lowest BCUT2D eigenvalue weighted by molar-refractivity contribution is -0.117. The predicted molar refractivity (Wildman–Crippen MR) is 94.9 cm³/mol. The Labute approximate surface area is 143 Å². The lowest BCUT2D eigenvalue weighted by atomic mass is 9.84. The van der Waals surface area contributed by atoms with Gasteiger partial charge in [-0.05, 0) is 74.9 Å². The van der Waals surface area contributed by atoms with Crippen LogP contribution in [0.4, 0.5) is 5.69 Å². The summed E-state index contributed by atoms with van der Waals surface area (Å²) in [6, 6.07) is 7.49. The molecule has 1 aromatic rings. The van der Waals surface area contributed by atoms with Gasteiger partial charge in [0, 0.05) is 23.7 Å². The van der Waals surface area contributed by atoms with Crippen molar-refractivity contribution in [1.82, 2.24) is 10.6 Å². The monoisotopic (exact) mass is 329 g/mol. The van der Waals surface area contributed by atoms with Gasteiger partial charge in [-0.15, -0.1) is 0 Å². The number of amides is 2. The molecule has 0 spiro atoms.